The minimum atomic E-state index is -0.143. The van der Waals surface area contributed by atoms with E-state index in [1.54, 1.807) is 0 Å². The fourth-order valence-corrected chi connectivity index (χ4v) is 9.66. The van der Waals surface area contributed by atoms with E-state index < -0.39 is 0 Å². The highest BCUT2D eigenvalue weighted by Gasteiger charge is 2.65. The van der Waals surface area contributed by atoms with E-state index >= 15 is 0 Å². The first-order valence-electron chi connectivity index (χ1n) is 14.2. The van der Waals surface area contributed by atoms with Crippen molar-refractivity contribution in [2.75, 3.05) is 0 Å². The van der Waals surface area contributed by atoms with Crippen LogP contribution in [0.2, 0.25) is 0 Å². The van der Waals surface area contributed by atoms with Crippen LogP contribution in [0, 0.1) is 50.7 Å². The fourth-order valence-electron chi connectivity index (χ4n) is 9.66. The minimum Gasteiger partial charge on any atom is -0.393 e. The molecule has 0 radical (unpaired) electrons. The summed E-state index contributed by atoms with van der Waals surface area (Å²) in [4.78, 5) is 0. The van der Waals surface area contributed by atoms with E-state index in [-0.39, 0.29) is 16.9 Å². The van der Waals surface area contributed by atoms with Crippen molar-refractivity contribution in [3.63, 3.8) is 0 Å². The van der Waals surface area contributed by atoms with E-state index in [1.165, 1.54) is 56.9 Å². The van der Waals surface area contributed by atoms with Gasteiger partial charge in [0.25, 0.3) is 0 Å². The molecule has 0 aliphatic heterocycles. The SMILES string of the molecule is C=C(C)C(C)(C)CCC(C)C1CCC2(C)C3=CCC4C(C)(C)C(O)CCC4(C)C3CCC12C. The largest absolute Gasteiger partial charge is 0.393 e. The summed E-state index contributed by atoms with van der Waals surface area (Å²) >= 11 is 0. The maximum Gasteiger partial charge on any atom is 0.0594 e. The lowest BCUT2D eigenvalue weighted by molar-refractivity contribution is -0.131. The molecule has 0 aromatic rings. The zero-order chi connectivity index (χ0) is 24.6. The van der Waals surface area contributed by atoms with Gasteiger partial charge in [0.15, 0.2) is 0 Å². The third-order valence-corrected chi connectivity index (χ3v) is 12.9. The minimum absolute atomic E-state index is 0.0273. The molecule has 8 unspecified atom stereocenters. The van der Waals surface area contributed by atoms with Crippen LogP contribution in [0.3, 0.4) is 0 Å². The molecule has 0 saturated heterocycles. The van der Waals surface area contributed by atoms with E-state index in [0.717, 1.165) is 24.2 Å². The van der Waals surface area contributed by atoms with Gasteiger partial charge in [-0.1, -0.05) is 79.2 Å². The van der Waals surface area contributed by atoms with E-state index in [4.69, 9.17) is 0 Å². The Hall–Kier alpha value is -0.560. The Morgan fingerprint density at radius 1 is 1.09 bits per heavy atom. The third-order valence-electron chi connectivity index (χ3n) is 12.9. The first kappa shape index (κ1) is 25.5. The van der Waals surface area contributed by atoms with Crippen LogP contribution < -0.4 is 0 Å². The molecule has 1 N–H and O–H groups in total. The van der Waals surface area contributed by atoms with Crippen molar-refractivity contribution in [3.8, 4) is 0 Å². The maximum atomic E-state index is 10.8. The van der Waals surface area contributed by atoms with Crippen LogP contribution in [0.4, 0.5) is 0 Å². The quantitative estimate of drug-likeness (QED) is 0.411. The number of allylic oxidation sites excluding steroid dienone is 3. The standard InChI is InChI=1S/C32H54O/c1-21(2)28(4,5)17-13-22(3)23-14-19-32(10)25-11-12-26-29(6,7)27(33)16-18-30(26,8)24(25)15-20-31(23,32)9/h11,22-24,26-27,33H,1,12-20H2,2-10H3. The van der Waals surface area contributed by atoms with Crippen LogP contribution in [0.1, 0.15) is 120 Å². The van der Waals surface area contributed by atoms with Crippen molar-refractivity contribution < 1.29 is 5.11 Å². The smallest absolute Gasteiger partial charge is 0.0594 e. The number of aliphatic hydroxyl groups is 1. The number of hydrogen-bond donors (Lipinski definition) is 1. The van der Waals surface area contributed by atoms with Gasteiger partial charge < -0.3 is 5.11 Å². The van der Waals surface area contributed by atoms with Crippen molar-refractivity contribution in [2.45, 2.75) is 126 Å². The van der Waals surface area contributed by atoms with E-state index in [2.05, 4.69) is 75.0 Å². The lowest BCUT2D eigenvalue weighted by Gasteiger charge is -2.64. The molecular formula is C32H54O. The molecule has 4 aliphatic rings. The maximum absolute atomic E-state index is 10.8. The van der Waals surface area contributed by atoms with E-state index in [1.807, 2.05) is 5.57 Å². The van der Waals surface area contributed by atoms with Crippen molar-refractivity contribution in [1.29, 1.82) is 0 Å². The molecule has 3 saturated carbocycles. The predicted octanol–water partition coefficient (Wildman–Crippen LogP) is 8.97. The van der Waals surface area contributed by atoms with Gasteiger partial charge in [-0.25, -0.2) is 0 Å². The van der Waals surface area contributed by atoms with Gasteiger partial charge >= 0.3 is 0 Å². The van der Waals surface area contributed by atoms with Gasteiger partial charge in [0.05, 0.1) is 6.10 Å². The summed E-state index contributed by atoms with van der Waals surface area (Å²) in [5.74, 6) is 2.94. The molecule has 3 fully saturated rings. The summed E-state index contributed by atoms with van der Waals surface area (Å²) in [6.45, 7) is 26.4. The Bertz CT molecular complexity index is 816. The van der Waals surface area contributed by atoms with E-state index in [0.29, 0.717) is 22.2 Å². The Balaban J connectivity index is 1.60. The summed E-state index contributed by atoms with van der Waals surface area (Å²) in [5, 5.41) is 10.8. The molecule has 33 heavy (non-hydrogen) atoms. The van der Waals surface area contributed by atoms with Gasteiger partial charge in [0.1, 0.15) is 0 Å². The average molecular weight is 455 g/mol. The molecule has 0 spiro atoms. The molecule has 0 aromatic heterocycles. The highest BCUT2D eigenvalue weighted by Crippen LogP contribution is 2.73. The number of rotatable bonds is 5. The molecule has 4 rings (SSSR count). The second kappa shape index (κ2) is 7.97. The van der Waals surface area contributed by atoms with Gasteiger partial charge in [-0.3, -0.25) is 0 Å². The monoisotopic (exact) mass is 454 g/mol. The molecule has 0 heterocycles. The van der Waals surface area contributed by atoms with Crippen molar-refractivity contribution in [3.05, 3.63) is 23.8 Å². The Morgan fingerprint density at radius 2 is 1.76 bits per heavy atom. The molecule has 0 bridgehead atoms. The number of hydrogen-bond acceptors (Lipinski definition) is 1. The van der Waals surface area contributed by atoms with Crippen LogP contribution in [-0.4, -0.2) is 11.2 Å². The summed E-state index contributed by atoms with van der Waals surface area (Å²) in [5.41, 5.74) is 4.57. The third kappa shape index (κ3) is 3.56. The molecular weight excluding hydrogens is 400 g/mol. The first-order valence-corrected chi connectivity index (χ1v) is 14.2. The van der Waals surface area contributed by atoms with Gasteiger partial charge in [-0.2, -0.15) is 0 Å². The number of aliphatic hydroxyl groups excluding tert-OH is 1. The fraction of sp³-hybridized carbons (Fsp3) is 0.875. The summed E-state index contributed by atoms with van der Waals surface area (Å²) < 4.78 is 0. The van der Waals surface area contributed by atoms with Crippen LogP contribution in [0.5, 0.6) is 0 Å². The number of fused-ring (bicyclic) bond motifs is 5. The van der Waals surface area contributed by atoms with Gasteiger partial charge in [-0.05, 0) is 115 Å². The molecule has 8 atom stereocenters. The van der Waals surface area contributed by atoms with Crippen molar-refractivity contribution in [2.24, 2.45) is 50.7 Å². The first-order chi connectivity index (χ1) is 15.1. The Labute approximate surface area is 205 Å². The second-order valence-electron chi connectivity index (χ2n) is 15.0. The average Bonchev–Trinajstić information content (AvgIpc) is 3.01. The van der Waals surface area contributed by atoms with Crippen LogP contribution in [-0.2, 0) is 0 Å². The van der Waals surface area contributed by atoms with Crippen LogP contribution >= 0.6 is 0 Å². The molecule has 0 amide bonds. The Morgan fingerprint density at radius 3 is 2.39 bits per heavy atom. The highest BCUT2D eigenvalue weighted by molar-refractivity contribution is 5.33. The van der Waals surface area contributed by atoms with Gasteiger partial charge in [0, 0.05) is 0 Å². The zero-order valence-corrected chi connectivity index (χ0v) is 23.5. The molecule has 4 aliphatic carbocycles. The van der Waals surface area contributed by atoms with Gasteiger partial charge in [-0.15, -0.1) is 0 Å². The molecule has 0 aromatic carbocycles. The summed E-state index contributed by atoms with van der Waals surface area (Å²) in [7, 11) is 0. The van der Waals surface area contributed by atoms with Crippen LogP contribution in [0.25, 0.3) is 0 Å². The topological polar surface area (TPSA) is 20.2 Å². The van der Waals surface area contributed by atoms with E-state index in [9.17, 15) is 5.11 Å². The summed E-state index contributed by atoms with van der Waals surface area (Å²) in [6, 6.07) is 0. The second-order valence-corrected chi connectivity index (χ2v) is 15.0. The molecule has 1 heteroatoms. The predicted molar refractivity (Wildman–Crippen MR) is 142 cm³/mol. The highest BCUT2D eigenvalue weighted by atomic mass is 16.3. The Kier molecular flexibility index (Phi) is 6.17. The normalized spacial score (nSPS) is 45.5. The lowest BCUT2D eigenvalue weighted by Crippen LogP contribution is -2.58. The van der Waals surface area contributed by atoms with Crippen molar-refractivity contribution in [1.82, 2.24) is 0 Å². The lowest BCUT2D eigenvalue weighted by atomic mass is 9.41. The molecule has 188 valence electrons. The zero-order valence-electron chi connectivity index (χ0n) is 23.5. The molecule has 1 nitrogen and oxygen atoms in total. The van der Waals surface area contributed by atoms with Crippen molar-refractivity contribution >= 4 is 0 Å². The van der Waals surface area contributed by atoms with Crippen LogP contribution in [0.15, 0.2) is 23.8 Å². The summed E-state index contributed by atoms with van der Waals surface area (Å²) in [6.07, 6.45) is 14.0. The van der Waals surface area contributed by atoms with Gasteiger partial charge in [0.2, 0.25) is 0 Å².